The van der Waals surface area contributed by atoms with E-state index in [0.717, 1.165) is 22.1 Å². The van der Waals surface area contributed by atoms with Gasteiger partial charge in [-0.15, -0.1) is 0 Å². The van der Waals surface area contributed by atoms with E-state index < -0.39 is 14.1 Å². The van der Waals surface area contributed by atoms with Gasteiger partial charge in [-0.05, 0) is 72.3 Å². The molecule has 0 aliphatic heterocycles. The maximum atomic E-state index is 13.8. The molecule has 0 aliphatic carbocycles. The maximum Gasteiger partial charge on any atom is 0.449 e. The number of halogens is 2. The van der Waals surface area contributed by atoms with E-state index >= 15 is 0 Å². The van der Waals surface area contributed by atoms with Crippen molar-refractivity contribution < 1.29 is 32.3 Å². The molecule has 43 heavy (non-hydrogen) atoms. The van der Waals surface area contributed by atoms with E-state index in [1.165, 1.54) is 24.3 Å². The Bertz CT molecular complexity index is 1340. The predicted molar refractivity (Wildman–Crippen MR) is 169 cm³/mol. The van der Waals surface area contributed by atoms with Crippen molar-refractivity contribution in [3.05, 3.63) is 108 Å². The van der Waals surface area contributed by atoms with E-state index in [1.54, 1.807) is 26.4 Å². The summed E-state index contributed by atoms with van der Waals surface area (Å²) < 4.78 is 56.1. The van der Waals surface area contributed by atoms with Gasteiger partial charge in [-0.25, -0.2) is 8.78 Å². The molecule has 224 valence electrons. The number of ether oxygens (including phenoxy) is 3. The van der Waals surface area contributed by atoms with Gasteiger partial charge in [-0.2, -0.15) is 0 Å². The molecule has 0 unspecified atom stereocenters. The fraction of sp³-hybridized carbons (Fsp3) is 0.250. The van der Waals surface area contributed by atoms with Crippen LogP contribution in [-0.2, 0) is 27.3 Å². The molecule has 11 heteroatoms. The summed E-state index contributed by atoms with van der Waals surface area (Å²) in [6.45, 7) is 5.60. The molecular formula is C32H36B2F2N2O5. The van der Waals surface area contributed by atoms with Crippen LogP contribution in [0.25, 0.3) is 0 Å². The van der Waals surface area contributed by atoms with Crippen LogP contribution < -0.4 is 30.9 Å². The minimum Gasteiger partial charge on any atom is -0.495 e. The van der Waals surface area contributed by atoms with Crippen LogP contribution in [0.15, 0.2) is 84.9 Å². The number of nitrogens with one attached hydrogen (secondary N) is 2. The zero-order valence-electron chi connectivity index (χ0n) is 24.9. The number of methoxy groups -OCH3 is 2. The number of anilines is 2. The second-order valence-electron chi connectivity index (χ2n) is 9.62. The number of rotatable bonds is 16. The Morgan fingerprint density at radius 2 is 0.977 bits per heavy atom. The van der Waals surface area contributed by atoms with Crippen LogP contribution in [0, 0.1) is 11.6 Å². The first-order valence-corrected chi connectivity index (χ1v) is 14.1. The van der Waals surface area contributed by atoms with Crippen LogP contribution in [0.1, 0.15) is 25.0 Å². The van der Waals surface area contributed by atoms with Crippen molar-refractivity contribution in [1.82, 2.24) is 0 Å². The molecule has 0 fully saturated rings. The lowest BCUT2D eigenvalue weighted by molar-refractivity contribution is 0.107. The fourth-order valence-corrected chi connectivity index (χ4v) is 4.51. The van der Waals surface area contributed by atoms with Gasteiger partial charge in [-0.3, -0.25) is 0 Å². The standard InChI is InChI=1S/C32H36B2F2N2O5/c1-5-42-33(37-29-19-27(35)15-17-31(29)39-3)25-11-7-23(8-12-25)21-41-22-24-9-13-26(14-10-24)34(43-6-2)38-30-20-28(36)16-18-32(30)40-4/h7-20,37-38H,5-6,21-22H2,1-4H3. The van der Waals surface area contributed by atoms with Crippen LogP contribution in [0.5, 0.6) is 11.5 Å². The van der Waals surface area contributed by atoms with E-state index in [-0.39, 0.29) is 11.6 Å². The van der Waals surface area contributed by atoms with Crippen molar-refractivity contribution >= 4 is 36.4 Å². The lowest BCUT2D eigenvalue weighted by atomic mass is 9.73. The first kappa shape index (κ1) is 31.9. The highest BCUT2D eigenvalue weighted by atomic mass is 19.1. The van der Waals surface area contributed by atoms with Gasteiger partial charge in [0, 0.05) is 13.2 Å². The molecule has 0 heterocycles. The largest absolute Gasteiger partial charge is 0.495 e. The first-order chi connectivity index (χ1) is 20.9. The fourth-order valence-electron chi connectivity index (χ4n) is 4.51. The second kappa shape index (κ2) is 16.0. The maximum absolute atomic E-state index is 13.8. The van der Waals surface area contributed by atoms with Gasteiger partial charge >= 0.3 is 14.1 Å². The molecule has 0 aliphatic rings. The Hall–Kier alpha value is -4.05. The summed E-state index contributed by atoms with van der Waals surface area (Å²) in [5.74, 6) is 0.327. The van der Waals surface area contributed by atoms with Crippen molar-refractivity contribution in [2.24, 2.45) is 0 Å². The molecule has 0 saturated carbocycles. The molecule has 0 aromatic heterocycles. The molecule has 7 nitrogen and oxygen atoms in total. The lowest BCUT2D eigenvalue weighted by Gasteiger charge is -2.18. The van der Waals surface area contributed by atoms with E-state index in [2.05, 4.69) is 10.5 Å². The Balaban J connectivity index is 1.34. The summed E-state index contributed by atoms with van der Waals surface area (Å²) in [6.07, 6.45) is 0. The molecule has 0 spiro atoms. The third-order valence-corrected chi connectivity index (χ3v) is 6.67. The van der Waals surface area contributed by atoms with Crippen LogP contribution in [0.3, 0.4) is 0 Å². The third kappa shape index (κ3) is 8.97. The summed E-state index contributed by atoms with van der Waals surface area (Å²) in [7, 11) is 2.12. The smallest absolute Gasteiger partial charge is 0.449 e. The molecule has 0 radical (unpaired) electrons. The summed E-state index contributed by atoms with van der Waals surface area (Å²) in [5.41, 5.74) is 4.81. The average Bonchev–Trinajstić information content (AvgIpc) is 3.02. The molecule has 4 aromatic rings. The molecule has 2 N–H and O–H groups in total. The van der Waals surface area contributed by atoms with Gasteiger partial charge in [0.1, 0.15) is 23.1 Å². The van der Waals surface area contributed by atoms with Crippen LogP contribution >= 0.6 is 0 Å². The Kier molecular flexibility index (Phi) is 11.8. The van der Waals surface area contributed by atoms with Gasteiger partial charge in [-0.1, -0.05) is 48.5 Å². The molecule has 0 saturated heterocycles. The summed E-state index contributed by atoms with van der Waals surface area (Å²) in [5, 5.41) is 6.46. The minimum absolute atomic E-state index is 0.365. The van der Waals surface area contributed by atoms with Crippen molar-refractivity contribution in [3.63, 3.8) is 0 Å². The van der Waals surface area contributed by atoms with Crippen molar-refractivity contribution in [2.75, 3.05) is 37.9 Å². The summed E-state index contributed by atoms with van der Waals surface area (Å²) in [4.78, 5) is 0. The van der Waals surface area contributed by atoms with Gasteiger partial charge in [0.2, 0.25) is 0 Å². The minimum atomic E-state index is -0.480. The van der Waals surface area contributed by atoms with E-state index in [9.17, 15) is 8.78 Å². The lowest BCUT2D eigenvalue weighted by Crippen LogP contribution is -2.41. The van der Waals surface area contributed by atoms with Gasteiger partial charge in [0.25, 0.3) is 0 Å². The van der Waals surface area contributed by atoms with Crippen molar-refractivity contribution in [1.29, 1.82) is 0 Å². The third-order valence-electron chi connectivity index (χ3n) is 6.67. The van der Waals surface area contributed by atoms with Crippen molar-refractivity contribution in [2.45, 2.75) is 27.1 Å². The predicted octanol–water partition coefficient (Wildman–Crippen LogP) is 5.39. The molecule has 4 rings (SSSR count). The molecule has 0 bridgehead atoms. The van der Waals surface area contributed by atoms with E-state index in [4.69, 9.17) is 23.5 Å². The summed E-state index contributed by atoms with van der Waals surface area (Å²) in [6, 6.07) is 24.4. The van der Waals surface area contributed by atoms with Gasteiger partial charge in [0.15, 0.2) is 0 Å². The molecule has 0 atom stereocenters. The highest BCUT2D eigenvalue weighted by Crippen LogP contribution is 2.26. The van der Waals surface area contributed by atoms with Gasteiger partial charge < -0.3 is 34.0 Å². The number of hydrogen-bond acceptors (Lipinski definition) is 7. The summed E-state index contributed by atoms with van der Waals surface area (Å²) >= 11 is 0. The molecule has 0 amide bonds. The van der Waals surface area contributed by atoms with Crippen molar-refractivity contribution in [3.8, 4) is 11.5 Å². The quantitative estimate of drug-likeness (QED) is 0.170. The molecular weight excluding hydrogens is 552 g/mol. The Labute approximate surface area is 252 Å². The normalized spacial score (nSPS) is 10.7. The zero-order valence-corrected chi connectivity index (χ0v) is 24.9. The molecule has 4 aromatic carbocycles. The van der Waals surface area contributed by atoms with E-state index in [0.29, 0.717) is 49.3 Å². The topological polar surface area (TPSA) is 70.2 Å². The number of benzene rings is 4. The van der Waals surface area contributed by atoms with Crippen LogP contribution in [0.4, 0.5) is 20.2 Å². The Morgan fingerprint density at radius 3 is 1.33 bits per heavy atom. The second-order valence-corrected chi connectivity index (χ2v) is 9.62. The zero-order chi connectivity index (χ0) is 30.6. The Morgan fingerprint density at radius 1 is 0.581 bits per heavy atom. The van der Waals surface area contributed by atoms with Crippen LogP contribution in [0.2, 0.25) is 0 Å². The number of hydrogen-bond donors (Lipinski definition) is 2. The van der Waals surface area contributed by atoms with E-state index in [1.807, 2.05) is 62.4 Å². The van der Waals surface area contributed by atoms with Crippen LogP contribution in [-0.4, -0.2) is 41.5 Å². The average molecular weight is 588 g/mol. The monoisotopic (exact) mass is 588 g/mol. The highest BCUT2D eigenvalue weighted by molar-refractivity contribution is 6.71. The van der Waals surface area contributed by atoms with Gasteiger partial charge in [0.05, 0.1) is 38.8 Å². The highest BCUT2D eigenvalue weighted by Gasteiger charge is 2.23. The first-order valence-electron chi connectivity index (χ1n) is 14.1. The SMILES string of the molecule is CCOB(Nc1cc(F)ccc1OC)c1ccc(COCc2ccc(B(Nc3cc(F)ccc3OC)OCC)cc2)cc1.